The third-order valence-electron chi connectivity index (χ3n) is 2.72. The summed E-state index contributed by atoms with van der Waals surface area (Å²) >= 11 is 3.20. The van der Waals surface area contributed by atoms with E-state index in [4.69, 9.17) is 0 Å². The van der Waals surface area contributed by atoms with Crippen molar-refractivity contribution in [1.82, 2.24) is 4.98 Å². The standard InChI is InChI=1S/C14H15BrN2O2S/c15-14-9-8-13(11-16-14)17-20(18,19)10-4-7-12-5-2-1-3-6-12/h1-3,5-6,8-9,11,17H,4,7,10H2. The van der Waals surface area contributed by atoms with Gasteiger partial charge in [0.2, 0.25) is 10.0 Å². The molecule has 0 aliphatic rings. The van der Waals surface area contributed by atoms with E-state index in [-0.39, 0.29) is 5.75 Å². The lowest BCUT2D eigenvalue weighted by atomic mass is 10.1. The Kier molecular flexibility index (Phi) is 5.14. The molecule has 1 aromatic heterocycles. The molecule has 0 saturated heterocycles. The Morgan fingerprint density at radius 3 is 2.50 bits per heavy atom. The van der Waals surface area contributed by atoms with Crippen LogP contribution in [0.4, 0.5) is 5.69 Å². The maximum atomic E-state index is 11.9. The van der Waals surface area contributed by atoms with Crippen LogP contribution in [-0.2, 0) is 16.4 Å². The number of nitrogens with one attached hydrogen (secondary N) is 1. The van der Waals surface area contributed by atoms with Crippen LogP contribution in [0.15, 0.2) is 53.3 Å². The summed E-state index contributed by atoms with van der Waals surface area (Å²) in [4.78, 5) is 3.98. The van der Waals surface area contributed by atoms with E-state index in [2.05, 4.69) is 25.6 Å². The second kappa shape index (κ2) is 6.85. The highest BCUT2D eigenvalue weighted by Crippen LogP contribution is 2.13. The molecule has 4 nitrogen and oxygen atoms in total. The number of hydrogen-bond acceptors (Lipinski definition) is 3. The van der Waals surface area contributed by atoms with Gasteiger partial charge in [0.25, 0.3) is 0 Å². The van der Waals surface area contributed by atoms with Crippen LogP contribution in [-0.4, -0.2) is 19.2 Å². The molecule has 1 N–H and O–H groups in total. The zero-order chi connectivity index (χ0) is 14.4. The number of rotatable bonds is 6. The van der Waals surface area contributed by atoms with E-state index >= 15 is 0 Å². The van der Waals surface area contributed by atoms with E-state index < -0.39 is 10.0 Å². The van der Waals surface area contributed by atoms with Crippen LogP contribution in [0, 0.1) is 0 Å². The largest absolute Gasteiger partial charge is 0.282 e. The second-order valence-electron chi connectivity index (χ2n) is 4.38. The first kappa shape index (κ1) is 15.0. The number of aryl methyl sites for hydroxylation is 1. The van der Waals surface area contributed by atoms with E-state index in [0.29, 0.717) is 16.7 Å². The van der Waals surface area contributed by atoms with Gasteiger partial charge in [0.1, 0.15) is 4.60 Å². The molecule has 2 rings (SSSR count). The van der Waals surface area contributed by atoms with Gasteiger partial charge in [0.15, 0.2) is 0 Å². The molecular weight excluding hydrogens is 340 g/mol. The van der Waals surface area contributed by atoms with Crippen molar-refractivity contribution in [2.45, 2.75) is 12.8 Å². The molecular formula is C14H15BrN2O2S. The number of halogens is 1. The number of nitrogens with zero attached hydrogens (tertiary/aromatic N) is 1. The molecule has 0 aliphatic heterocycles. The molecule has 0 spiro atoms. The van der Waals surface area contributed by atoms with Crippen molar-refractivity contribution in [2.24, 2.45) is 0 Å². The fourth-order valence-electron chi connectivity index (χ4n) is 1.78. The Balaban J connectivity index is 1.86. The summed E-state index contributed by atoms with van der Waals surface area (Å²) in [5.74, 6) is 0.0952. The zero-order valence-corrected chi connectivity index (χ0v) is 13.2. The molecule has 20 heavy (non-hydrogen) atoms. The highest BCUT2D eigenvalue weighted by molar-refractivity contribution is 9.10. The number of hydrogen-bond donors (Lipinski definition) is 1. The first-order valence-electron chi connectivity index (χ1n) is 6.21. The number of benzene rings is 1. The molecule has 6 heteroatoms. The third kappa shape index (κ3) is 4.94. The average Bonchev–Trinajstić information content (AvgIpc) is 2.42. The molecule has 0 fully saturated rings. The van der Waals surface area contributed by atoms with E-state index in [1.807, 2.05) is 30.3 Å². The Morgan fingerprint density at radius 1 is 1.10 bits per heavy atom. The molecule has 2 aromatic rings. The lowest BCUT2D eigenvalue weighted by Crippen LogP contribution is -2.17. The third-order valence-corrected chi connectivity index (χ3v) is 4.56. The van der Waals surface area contributed by atoms with Crippen molar-refractivity contribution in [3.8, 4) is 0 Å². The highest BCUT2D eigenvalue weighted by Gasteiger charge is 2.10. The van der Waals surface area contributed by atoms with Gasteiger partial charge in [-0.2, -0.15) is 0 Å². The first-order chi connectivity index (χ1) is 9.55. The topological polar surface area (TPSA) is 59.1 Å². The van der Waals surface area contributed by atoms with Gasteiger partial charge in [0, 0.05) is 0 Å². The summed E-state index contributed by atoms with van der Waals surface area (Å²) in [6, 6.07) is 13.2. The summed E-state index contributed by atoms with van der Waals surface area (Å²) in [7, 11) is -3.32. The van der Waals surface area contributed by atoms with Gasteiger partial charge in [-0.05, 0) is 46.5 Å². The predicted octanol–water partition coefficient (Wildman–Crippen LogP) is 3.22. The molecule has 0 unspecified atom stereocenters. The molecule has 0 amide bonds. The van der Waals surface area contributed by atoms with Crippen LogP contribution in [0.3, 0.4) is 0 Å². The van der Waals surface area contributed by atoms with Gasteiger partial charge in [0.05, 0.1) is 17.6 Å². The maximum absolute atomic E-state index is 11.9. The minimum absolute atomic E-state index is 0.0952. The Hall–Kier alpha value is -1.40. The summed E-state index contributed by atoms with van der Waals surface area (Å²) in [5.41, 5.74) is 1.63. The Labute approximate surface area is 127 Å². The van der Waals surface area contributed by atoms with E-state index in [1.165, 1.54) is 6.20 Å². The van der Waals surface area contributed by atoms with Crippen LogP contribution in [0.5, 0.6) is 0 Å². The first-order valence-corrected chi connectivity index (χ1v) is 8.66. The van der Waals surface area contributed by atoms with E-state index in [9.17, 15) is 8.42 Å². The minimum atomic E-state index is -3.32. The smallest absolute Gasteiger partial charge is 0.232 e. The van der Waals surface area contributed by atoms with Crippen molar-refractivity contribution >= 4 is 31.6 Å². The Morgan fingerprint density at radius 2 is 1.85 bits per heavy atom. The van der Waals surface area contributed by atoms with Gasteiger partial charge in [-0.25, -0.2) is 13.4 Å². The van der Waals surface area contributed by atoms with Crippen molar-refractivity contribution < 1.29 is 8.42 Å². The summed E-state index contributed by atoms with van der Waals surface area (Å²) in [6.07, 6.45) is 2.82. The van der Waals surface area contributed by atoms with Crippen LogP contribution in [0.1, 0.15) is 12.0 Å². The van der Waals surface area contributed by atoms with Crippen molar-refractivity contribution in [2.75, 3.05) is 10.5 Å². The fourth-order valence-corrected chi connectivity index (χ4v) is 3.12. The molecule has 0 radical (unpaired) electrons. The Bertz CT molecular complexity index is 643. The zero-order valence-electron chi connectivity index (χ0n) is 10.8. The number of anilines is 1. The molecule has 0 saturated carbocycles. The quantitative estimate of drug-likeness (QED) is 0.810. The maximum Gasteiger partial charge on any atom is 0.232 e. The van der Waals surface area contributed by atoms with E-state index in [0.717, 1.165) is 12.0 Å². The van der Waals surface area contributed by atoms with Gasteiger partial charge < -0.3 is 0 Å². The lowest BCUT2D eigenvalue weighted by molar-refractivity contribution is 0.598. The second-order valence-corrected chi connectivity index (χ2v) is 7.03. The molecule has 106 valence electrons. The molecule has 1 heterocycles. The monoisotopic (exact) mass is 354 g/mol. The van der Waals surface area contributed by atoms with Crippen LogP contribution in [0.25, 0.3) is 0 Å². The normalized spacial score (nSPS) is 11.2. The molecule has 0 aliphatic carbocycles. The van der Waals surface area contributed by atoms with Gasteiger partial charge >= 0.3 is 0 Å². The molecule has 0 atom stereocenters. The van der Waals surface area contributed by atoms with E-state index in [1.54, 1.807) is 12.1 Å². The summed E-state index contributed by atoms with van der Waals surface area (Å²) < 4.78 is 27.0. The van der Waals surface area contributed by atoms with Gasteiger partial charge in [-0.15, -0.1) is 0 Å². The summed E-state index contributed by atoms with van der Waals surface area (Å²) in [5, 5.41) is 0. The van der Waals surface area contributed by atoms with Gasteiger partial charge in [-0.1, -0.05) is 30.3 Å². The average molecular weight is 355 g/mol. The number of sulfonamides is 1. The predicted molar refractivity (Wildman–Crippen MR) is 84.1 cm³/mol. The van der Waals surface area contributed by atoms with Crippen molar-refractivity contribution in [3.63, 3.8) is 0 Å². The number of pyridine rings is 1. The van der Waals surface area contributed by atoms with Crippen molar-refractivity contribution in [3.05, 3.63) is 58.8 Å². The SMILES string of the molecule is O=S(=O)(CCCc1ccccc1)Nc1ccc(Br)nc1. The van der Waals surface area contributed by atoms with Crippen LogP contribution >= 0.6 is 15.9 Å². The van der Waals surface area contributed by atoms with Crippen LogP contribution in [0.2, 0.25) is 0 Å². The van der Waals surface area contributed by atoms with Crippen LogP contribution < -0.4 is 4.72 Å². The lowest BCUT2D eigenvalue weighted by Gasteiger charge is -2.07. The molecule has 0 bridgehead atoms. The molecule has 1 aromatic carbocycles. The van der Waals surface area contributed by atoms with Crippen molar-refractivity contribution in [1.29, 1.82) is 0 Å². The van der Waals surface area contributed by atoms with Gasteiger partial charge in [-0.3, -0.25) is 4.72 Å². The minimum Gasteiger partial charge on any atom is -0.282 e. The highest BCUT2D eigenvalue weighted by atomic mass is 79.9. The fraction of sp³-hybridized carbons (Fsp3) is 0.214. The summed E-state index contributed by atoms with van der Waals surface area (Å²) in [6.45, 7) is 0. The number of aromatic nitrogens is 1.